The van der Waals surface area contributed by atoms with Crippen LogP contribution in [0, 0.1) is 12.7 Å². The number of anilines is 1. The molecule has 5 nitrogen and oxygen atoms in total. The van der Waals surface area contributed by atoms with E-state index < -0.39 is 35.1 Å². The lowest BCUT2D eigenvalue weighted by Crippen LogP contribution is -2.52. The molecular formula is C25H26F4N4O. The van der Waals surface area contributed by atoms with E-state index in [1.807, 2.05) is 0 Å². The maximum atomic E-state index is 14.7. The van der Waals surface area contributed by atoms with Gasteiger partial charge in [0, 0.05) is 22.9 Å². The van der Waals surface area contributed by atoms with Gasteiger partial charge in [-0.2, -0.15) is 0 Å². The molecule has 3 aromatic rings. The summed E-state index contributed by atoms with van der Waals surface area (Å²) in [6, 6.07) is 3.24. The van der Waals surface area contributed by atoms with Crippen LogP contribution in [0.1, 0.15) is 74.6 Å². The number of halogens is 4. The van der Waals surface area contributed by atoms with Crippen molar-refractivity contribution < 1.29 is 17.6 Å². The normalized spacial score (nSPS) is 25.1. The van der Waals surface area contributed by atoms with Crippen molar-refractivity contribution in [1.82, 2.24) is 14.5 Å². The summed E-state index contributed by atoms with van der Waals surface area (Å²) in [4.78, 5) is 21.9. The van der Waals surface area contributed by atoms with Crippen LogP contribution in [0.5, 0.6) is 0 Å². The second kappa shape index (κ2) is 8.06. The molecular weight excluding hydrogens is 448 g/mol. The molecule has 2 aromatic heterocycles. The Balaban J connectivity index is 1.57. The van der Waals surface area contributed by atoms with Gasteiger partial charge in [0.15, 0.2) is 0 Å². The predicted octanol–water partition coefficient (Wildman–Crippen LogP) is 6.12. The first-order valence-corrected chi connectivity index (χ1v) is 11.5. The molecule has 34 heavy (non-hydrogen) atoms. The Bertz CT molecular complexity index is 1300. The number of hydrogen-bond donors (Lipinski definition) is 1. The van der Waals surface area contributed by atoms with Crippen LogP contribution in [-0.4, -0.2) is 20.2 Å². The van der Waals surface area contributed by atoms with Gasteiger partial charge in [-0.3, -0.25) is 4.79 Å². The Morgan fingerprint density at radius 2 is 1.71 bits per heavy atom. The molecule has 2 heterocycles. The summed E-state index contributed by atoms with van der Waals surface area (Å²) in [5, 5.41) is 3.70. The number of aryl methyl sites for hydroxylation is 1. The van der Waals surface area contributed by atoms with Crippen LogP contribution in [0.4, 0.5) is 23.4 Å². The van der Waals surface area contributed by atoms with Crippen molar-refractivity contribution in [2.45, 2.75) is 76.0 Å². The fraction of sp³-hybridized carbons (Fsp3) is 0.480. The van der Waals surface area contributed by atoms with Crippen LogP contribution < -0.4 is 10.9 Å². The summed E-state index contributed by atoms with van der Waals surface area (Å²) in [5.74, 6) is -0.582. The molecule has 1 atom stereocenters. The Hall–Kier alpha value is -2.97. The van der Waals surface area contributed by atoms with Crippen LogP contribution in [0.15, 0.2) is 35.5 Å². The van der Waals surface area contributed by atoms with Gasteiger partial charge in [0.1, 0.15) is 23.6 Å². The van der Waals surface area contributed by atoms with E-state index in [9.17, 15) is 22.4 Å². The highest BCUT2D eigenvalue weighted by atomic mass is 19.3. The largest absolute Gasteiger partial charge is 0.363 e. The van der Waals surface area contributed by atoms with E-state index in [0.29, 0.717) is 60.8 Å². The molecule has 6 rings (SSSR count). The lowest BCUT2D eigenvalue weighted by molar-refractivity contribution is -0.0283. The molecule has 0 aliphatic heterocycles. The van der Waals surface area contributed by atoms with Crippen molar-refractivity contribution in [2.75, 3.05) is 5.32 Å². The van der Waals surface area contributed by atoms with Crippen LogP contribution in [0.2, 0.25) is 0 Å². The number of rotatable bonds is 5. The summed E-state index contributed by atoms with van der Waals surface area (Å²) < 4.78 is 57.5. The second-order valence-corrected chi connectivity index (χ2v) is 9.71. The Labute approximate surface area is 194 Å². The molecule has 1 N–H and O–H groups in total. The van der Waals surface area contributed by atoms with Crippen LogP contribution in [-0.2, 0) is 5.54 Å². The monoisotopic (exact) mass is 474 g/mol. The van der Waals surface area contributed by atoms with E-state index in [-0.39, 0.29) is 11.1 Å². The molecule has 0 spiro atoms. The summed E-state index contributed by atoms with van der Waals surface area (Å²) in [5.41, 5.74) is -1.36. The summed E-state index contributed by atoms with van der Waals surface area (Å²) in [6.45, 7) is 3.36. The highest BCUT2D eigenvalue weighted by molar-refractivity contribution is 5.90. The molecule has 3 saturated carbocycles. The zero-order valence-electron chi connectivity index (χ0n) is 19.0. The van der Waals surface area contributed by atoms with Gasteiger partial charge in [-0.05, 0) is 52.4 Å². The minimum atomic E-state index is -2.92. The first kappa shape index (κ1) is 22.8. The van der Waals surface area contributed by atoms with Gasteiger partial charge in [0.25, 0.3) is 12.0 Å². The van der Waals surface area contributed by atoms with Crippen molar-refractivity contribution in [3.63, 3.8) is 0 Å². The SMILES string of the molecule is Cc1c(=O)n(C23CCC(F)(CC2)CC3)cc2c(N[C@@H](C)c3cccc(C(F)F)c3F)ncnc12. The highest BCUT2D eigenvalue weighted by Crippen LogP contribution is 2.52. The van der Waals surface area contributed by atoms with E-state index in [4.69, 9.17) is 0 Å². The summed E-state index contributed by atoms with van der Waals surface area (Å²) >= 11 is 0. The number of aromatic nitrogens is 3. The molecule has 0 amide bonds. The van der Waals surface area contributed by atoms with Crippen molar-refractivity contribution >= 4 is 16.7 Å². The maximum absolute atomic E-state index is 14.7. The first-order valence-electron chi connectivity index (χ1n) is 11.5. The molecule has 3 aliphatic carbocycles. The second-order valence-electron chi connectivity index (χ2n) is 9.71. The number of pyridine rings is 1. The van der Waals surface area contributed by atoms with Gasteiger partial charge in [-0.1, -0.05) is 18.2 Å². The average Bonchev–Trinajstić information content (AvgIpc) is 2.82. The third-order valence-corrected chi connectivity index (χ3v) is 7.78. The fourth-order valence-electron chi connectivity index (χ4n) is 5.59. The van der Waals surface area contributed by atoms with E-state index in [0.717, 1.165) is 6.07 Å². The van der Waals surface area contributed by atoms with Gasteiger partial charge in [0.2, 0.25) is 0 Å². The predicted molar refractivity (Wildman–Crippen MR) is 121 cm³/mol. The van der Waals surface area contributed by atoms with E-state index >= 15 is 0 Å². The van der Waals surface area contributed by atoms with Crippen LogP contribution >= 0.6 is 0 Å². The molecule has 3 fully saturated rings. The average molecular weight is 475 g/mol. The molecule has 3 aliphatic rings. The van der Waals surface area contributed by atoms with E-state index in [2.05, 4.69) is 15.3 Å². The number of benzene rings is 1. The van der Waals surface area contributed by atoms with Crippen molar-refractivity contribution in [2.24, 2.45) is 0 Å². The van der Waals surface area contributed by atoms with Crippen LogP contribution in [0.3, 0.4) is 0 Å². The minimum Gasteiger partial charge on any atom is -0.363 e. The lowest BCUT2D eigenvalue weighted by atomic mass is 9.64. The molecule has 0 radical (unpaired) electrons. The quantitative estimate of drug-likeness (QED) is 0.453. The van der Waals surface area contributed by atoms with E-state index in [1.54, 1.807) is 24.6 Å². The van der Waals surface area contributed by atoms with Gasteiger partial charge < -0.3 is 9.88 Å². The Morgan fingerprint density at radius 3 is 2.35 bits per heavy atom. The zero-order chi connectivity index (χ0) is 24.3. The Morgan fingerprint density at radius 1 is 1.06 bits per heavy atom. The fourth-order valence-corrected chi connectivity index (χ4v) is 5.59. The topological polar surface area (TPSA) is 59.8 Å². The molecule has 0 unspecified atom stereocenters. The molecule has 180 valence electrons. The van der Waals surface area contributed by atoms with Gasteiger partial charge in [-0.15, -0.1) is 0 Å². The first-order chi connectivity index (χ1) is 16.1. The molecule has 0 saturated heterocycles. The van der Waals surface area contributed by atoms with Gasteiger partial charge in [-0.25, -0.2) is 27.5 Å². The number of alkyl halides is 3. The third-order valence-electron chi connectivity index (χ3n) is 7.78. The van der Waals surface area contributed by atoms with Crippen molar-refractivity contribution in [1.29, 1.82) is 0 Å². The van der Waals surface area contributed by atoms with Crippen molar-refractivity contribution in [3.8, 4) is 0 Å². The molecule has 2 bridgehead atoms. The number of hydrogen-bond acceptors (Lipinski definition) is 4. The Kier molecular flexibility index (Phi) is 5.41. The summed E-state index contributed by atoms with van der Waals surface area (Å²) in [6.07, 6.45) is 3.19. The third kappa shape index (κ3) is 3.56. The van der Waals surface area contributed by atoms with Gasteiger partial charge >= 0.3 is 0 Å². The smallest absolute Gasteiger partial charge is 0.266 e. The molecule has 9 heteroatoms. The standard InChI is InChI=1S/C25H26F4N4O/c1-14-20-18(12-33(23(14)34)25-9-6-24(29,7-10-25)8-11-25)22(31-13-30-20)32-15(2)16-4-3-5-17(19(16)26)21(27)28/h3-5,12-13,15,21H,6-11H2,1-2H3,(H,30,31,32)/t15-,24?,25?/m0/s1. The number of fused-ring (bicyclic) bond motifs is 4. The minimum absolute atomic E-state index is 0.0899. The van der Waals surface area contributed by atoms with E-state index in [1.165, 1.54) is 18.5 Å². The molecule has 1 aromatic carbocycles. The highest BCUT2D eigenvalue weighted by Gasteiger charge is 2.50. The summed E-state index contributed by atoms with van der Waals surface area (Å²) in [7, 11) is 0. The number of nitrogens with one attached hydrogen (secondary N) is 1. The van der Waals surface area contributed by atoms with Crippen molar-refractivity contribution in [3.05, 3.63) is 63.6 Å². The lowest BCUT2D eigenvalue weighted by Gasteiger charge is -2.50. The maximum Gasteiger partial charge on any atom is 0.266 e. The number of nitrogens with zero attached hydrogens (tertiary/aromatic N) is 3. The van der Waals surface area contributed by atoms with Gasteiger partial charge in [0.05, 0.1) is 22.5 Å². The zero-order valence-corrected chi connectivity index (χ0v) is 19.0. The van der Waals surface area contributed by atoms with Crippen LogP contribution in [0.25, 0.3) is 10.9 Å².